The maximum atomic E-state index is 3.63. The van der Waals surface area contributed by atoms with Gasteiger partial charge in [0.1, 0.15) is 0 Å². The molecular weight excluding hydrogens is 238 g/mol. The number of halogens is 1. The third-order valence-electron chi connectivity index (χ3n) is 3.01. The highest BCUT2D eigenvalue weighted by molar-refractivity contribution is 9.10. The third-order valence-corrected chi connectivity index (χ3v) is 3.75. The van der Waals surface area contributed by atoms with Gasteiger partial charge >= 0.3 is 0 Å². The molecule has 1 aromatic rings. The maximum Gasteiger partial charge on any atom is 0.0352 e. The van der Waals surface area contributed by atoms with Crippen LogP contribution in [0.15, 0.2) is 22.7 Å². The SMILES string of the molecule is CCNC1c2cccc(Br)c2CC1C. The maximum absolute atomic E-state index is 3.63. The van der Waals surface area contributed by atoms with Gasteiger partial charge in [-0.15, -0.1) is 0 Å². The van der Waals surface area contributed by atoms with Crippen LogP contribution in [0.3, 0.4) is 0 Å². The van der Waals surface area contributed by atoms with E-state index in [0.29, 0.717) is 12.0 Å². The summed E-state index contributed by atoms with van der Waals surface area (Å²) in [6, 6.07) is 7.06. The van der Waals surface area contributed by atoms with E-state index in [1.807, 2.05) is 0 Å². The summed E-state index contributed by atoms with van der Waals surface area (Å²) in [6.07, 6.45) is 1.19. The summed E-state index contributed by atoms with van der Waals surface area (Å²) in [5, 5.41) is 3.56. The van der Waals surface area contributed by atoms with Gasteiger partial charge in [0.05, 0.1) is 0 Å². The molecule has 2 heteroatoms. The molecule has 1 nitrogen and oxygen atoms in total. The smallest absolute Gasteiger partial charge is 0.0352 e. The summed E-state index contributed by atoms with van der Waals surface area (Å²) < 4.78 is 1.27. The predicted octanol–water partition coefficient (Wildman–Crippen LogP) is 3.29. The lowest BCUT2D eigenvalue weighted by molar-refractivity contribution is 0.426. The van der Waals surface area contributed by atoms with Crippen molar-refractivity contribution in [3.8, 4) is 0 Å². The lowest BCUT2D eigenvalue weighted by Gasteiger charge is -2.17. The van der Waals surface area contributed by atoms with Gasteiger partial charge < -0.3 is 5.32 Å². The second kappa shape index (κ2) is 4.03. The molecule has 0 aromatic heterocycles. The molecule has 0 fully saturated rings. The Labute approximate surface area is 94.0 Å². The van der Waals surface area contributed by atoms with Crippen LogP contribution in [0.2, 0.25) is 0 Å². The van der Waals surface area contributed by atoms with Crippen LogP contribution in [0.1, 0.15) is 31.0 Å². The first-order valence-corrected chi connectivity index (χ1v) is 6.04. The van der Waals surface area contributed by atoms with E-state index in [0.717, 1.165) is 6.54 Å². The molecule has 0 aliphatic heterocycles. The van der Waals surface area contributed by atoms with Crippen LogP contribution in [0.5, 0.6) is 0 Å². The fourth-order valence-corrected chi connectivity index (χ4v) is 2.90. The van der Waals surface area contributed by atoms with Crippen molar-refractivity contribution in [2.45, 2.75) is 26.3 Å². The molecule has 0 radical (unpaired) electrons. The van der Waals surface area contributed by atoms with Crippen molar-refractivity contribution in [2.75, 3.05) is 6.54 Å². The summed E-state index contributed by atoms with van der Waals surface area (Å²) in [7, 11) is 0. The summed E-state index contributed by atoms with van der Waals surface area (Å²) in [6.45, 7) is 5.53. The van der Waals surface area contributed by atoms with Gasteiger partial charge in [-0.2, -0.15) is 0 Å². The predicted molar refractivity (Wildman–Crippen MR) is 63.4 cm³/mol. The van der Waals surface area contributed by atoms with Crippen molar-refractivity contribution in [2.24, 2.45) is 5.92 Å². The third kappa shape index (κ3) is 1.61. The zero-order valence-electron chi connectivity index (χ0n) is 8.68. The largest absolute Gasteiger partial charge is 0.310 e. The lowest BCUT2D eigenvalue weighted by atomic mass is 10.0. The Kier molecular flexibility index (Phi) is 2.93. The van der Waals surface area contributed by atoms with Gasteiger partial charge in [-0.3, -0.25) is 0 Å². The lowest BCUT2D eigenvalue weighted by Crippen LogP contribution is -2.23. The molecule has 2 rings (SSSR count). The molecule has 76 valence electrons. The van der Waals surface area contributed by atoms with E-state index >= 15 is 0 Å². The van der Waals surface area contributed by atoms with E-state index in [1.54, 1.807) is 0 Å². The van der Waals surface area contributed by atoms with Gasteiger partial charge in [-0.1, -0.05) is 41.9 Å². The topological polar surface area (TPSA) is 12.0 Å². The summed E-state index contributed by atoms with van der Waals surface area (Å²) in [5.74, 6) is 0.712. The Morgan fingerprint density at radius 1 is 1.50 bits per heavy atom. The molecule has 0 heterocycles. The number of hydrogen-bond donors (Lipinski definition) is 1. The Bertz CT molecular complexity index is 335. The minimum Gasteiger partial charge on any atom is -0.310 e. The normalized spacial score (nSPS) is 25.1. The molecular formula is C12H16BrN. The molecule has 0 spiro atoms. The van der Waals surface area contributed by atoms with Gasteiger partial charge in [-0.25, -0.2) is 0 Å². The fourth-order valence-electron chi connectivity index (χ4n) is 2.36. The zero-order valence-corrected chi connectivity index (χ0v) is 10.3. The van der Waals surface area contributed by atoms with Gasteiger partial charge in [0.25, 0.3) is 0 Å². The second-order valence-electron chi connectivity index (χ2n) is 4.02. The summed E-state index contributed by atoms with van der Waals surface area (Å²) in [5.41, 5.74) is 2.97. The fraction of sp³-hybridized carbons (Fsp3) is 0.500. The molecule has 0 saturated heterocycles. The van der Waals surface area contributed by atoms with Crippen LogP contribution in [-0.2, 0) is 6.42 Å². The Morgan fingerprint density at radius 2 is 2.29 bits per heavy atom. The van der Waals surface area contributed by atoms with Crippen molar-refractivity contribution in [3.63, 3.8) is 0 Å². The molecule has 0 amide bonds. The Hall–Kier alpha value is -0.340. The first kappa shape index (κ1) is 10.2. The molecule has 1 N–H and O–H groups in total. The quantitative estimate of drug-likeness (QED) is 0.853. The number of benzene rings is 1. The monoisotopic (exact) mass is 253 g/mol. The molecule has 14 heavy (non-hydrogen) atoms. The number of hydrogen-bond acceptors (Lipinski definition) is 1. The second-order valence-corrected chi connectivity index (χ2v) is 4.88. The van der Waals surface area contributed by atoms with E-state index in [9.17, 15) is 0 Å². The van der Waals surface area contributed by atoms with Gasteiger partial charge in [-0.05, 0) is 36.1 Å². The van der Waals surface area contributed by atoms with Crippen molar-refractivity contribution >= 4 is 15.9 Å². The molecule has 1 aliphatic carbocycles. The van der Waals surface area contributed by atoms with Gasteiger partial charge in [0.2, 0.25) is 0 Å². The van der Waals surface area contributed by atoms with Crippen LogP contribution in [-0.4, -0.2) is 6.54 Å². The van der Waals surface area contributed by atoms with Gasteiger partial charge in [0, 0.05) is 10.5 Å². The number of nitrogens with one attached hydrogen (secondary N) is 1. The summed E-state index contributed by atoms with van der Waals surface area (Å²) >= 11 is 3.63. The van der Waals surface area contributed by atoms with E-state index in [1.165, 1.54) is 22.0 Å². The van der Waals surface area contributed by atoms with Crippen LogP contribution < -0.4 is 5.32 Å². The Morgan fingerprint density at radius 3 is 3.00 bits per heavy atom. The molecule has 1 aliphatic rings. The number of rotatable bonds is 2. The van der Waals surface area contributed by atoms with Crippen LogP contribution in [0, 0.1) is 5.92 Å². The minimum atomic E-state index is 0.549. The minimum absolute atomic E-state index is 0.549. The zero-order chi connectivity index (χ0) is 10.1. The van der Waals surface area contributed by atoms with E-state index in [4.69, 9.17) is 0 Å². The van der Waals surface area contributed by atoms with Crippen molar-refractivity contribution < 1.29 is 0 Å². The molecule has 0 saturated carbocycles. The molecule has 1 aromatic carbocycles. The first-order chi connectivity index (χ1) is 6.74. The van der Waals surface area contributed by atoms with E-state index < -0.39 is 0 Å². The molecule has 0 bridgehead atoms. The number of fused-ring (bicyclic) bond motifs is 1. The summed E-state index contributed by atoms with van der Waals surface area (Å²) in [4.78, 5) is 0. The molecule has 2 unspecified atom stereocenters. The Balaban J connectivity index is 2.37. The van der Waals surface area contributed by atoms with Crippen molar-refractivity contribution in [1.82, 2.24) is 5.32 Å². The van der Waals surface area contributed by atoms with Gasteiger partial charge in [0.15, 0.2) is 0 Å². The average molecular weight is 254 g/mol. The van der Waals surface area contributed by atoms with Crippen molar-refractivity contribution in [1.29, 1.82) is 0 Å². The highest BCUT2D eigenvalue weighted by atomic mass is 79.9. The molecule has 2 atom stereocenters. The van der Waals surface area contributed by atoms with Crippen LogP contribution >= 0.6 is 15.9 Å². The van der Waals surface area contributed by atoms with E-state index in [2.05, 4.69) is 53.3 Å². The van der Waals surface area contributed by atoms with E-state index in [-0.39, 0.29) is 0 Å². The first-order valence-electron chi connectivity index (χ1n) is 5.24. The van der Waals surface area contributed by atoms with Crippen LogP contribution in [0.25, 0.3) is 0 Å². The standard InChI is InChI=1S/C12H16BrN/c1-3-14-12-8(2)7-10-9(12)5-4-6-11(10)13/h4-6,8,12,14H,3,7H2,1-2H3. The highest BCUT2D eigenvalue weighted by Crippen LogP contribution is 2.39. The highest BCUT2D eigenvalue weighted by Gasteiger charge is 2.29. The average Bonchev–Trinajstić information content (AvgIpc) is 2.47. The van der Waals surface area contributed by atoms with Crippen LogP contribution in [0.4, 0.5) is 0 Å². The van der Waals surface area contributed by atoms with Crippen molar-refractivity contribution in [3.05, 3.63) is 33.8 Å².